The maximum absolute atomic E-state index is 15.2. The Morgan fingerprint density at radius 1 is 1.02 bits per heavy atom. The van der Waals surface area contributed by atoms with E-state index in [0.717, 1.165) is 25.6 Å². The minimum atomic E-state index is -1.07. The van der Waals surface area contributed by atoms with Crippen molar-refractivity contribution in [1.82, 2.24) is 10.3 Å². The van der Waals surface area contributed by atoms with Gasteiger partial charge < -0.3 is 25.8 Å². The molecule has 3 heterocycles. The first kappa shape index (κ1) is 28.1. The van der Waals surface area contributed by atoms with Crippen LogP contribution in [0, 0.1) is 17.5 Å². The van der Waals surface area contributed by atoms with Crippen LogP contribution in [-0.4, -0.2) is 54.9 Å². The number of hydrogen-bond donors (Lipinski definition) is 3. The normalized spacial score (nSPS) is 19.4. The van der Waals surface area contributed by atoms with E-state index in [9.17, 15) is 13.6 Å². The van der Waals surface area contributed by atoms with Crippen molar-refractivity contribution in [3.8, 4) is 0 Å². The molecule has 2 aromatic carbocycles. The molecule has 2 aliphatic heterocycles. The molecule has 7 nitrogen and oxygen atoms in total. The minimum Gasteiger partial charge on any atom is -0.381 e. The van der Waals surface area contributed by atoms with Gasteiger partial charge in [0.25, 0.3) is 0 Å². The van der Waals surface area contributed by atoms with Crippen molar-refractivity contribution in [1.29, 1.82) is 0 Å². The van der Waals surface area contributed by atoms with E-state index >= 15 is 4.39 Å². The summed E-state index contributed by atoms with van der Waals surface area (Å²) in [5.41, 5.74) is 7.45. The Balaban J connectivity index is 1.40. The first-order valence-electron chi connectivity index (χ1n) is 13.5. The van der Waals surface area contributed by atoms with Crippen LogP contribution in [0.25, 0.3) is 0 Å². The summed E-state index contributed by atoms with van der Waals surface area (Å²) in [6, 6.07) is 10.2. The molecule has 1 spiro atoms. The van der Waals surface area contributed by atoms with E-state index < -0.39 is 35.3 Å². The number of nitrogens with zero attached hydrogens (tertiary/aromatic N) is 1. The number of carbonyl (C=O) groups is 1. The summed E-state index contributed by atoms with van der Waals surface area (Å²) in [5.74, 6) is -2.82. The molecule has 0 unspecified atom stereocenters. The largest absolute Gasteiger partial charge is 0.381 e. The molecule has 0 aliphatic carbocycles. The van der Waals surface area contributed by atoms with Crippen molar-refractivity contribution in [3.05, 3.63) is 95.1 Å². The second-order valence-corrected chi connectivity index (χ2v) is 10.5. The lowest BCUT2D eigenvalue weighted by molar-refractivity contribution is -0.160. The van der Waals surface area contributed by atoms with Gasteiger partial charge in [-0.25, -0.2) is 13.2 Å². The van der Waals surface area contributed by atoms with Gasteiger partial charge in [-0.2, -0.15) is 0 Å². The molecule has 3 aromatic rings. The minimum absolute atomic E-state index is 0.120. The Morgan fingerprint density at radius 2 is 1.65 bits per heavy atom. The molecule has 2 atom stereocenters. The SMILES string of the molecule is NC(=O)[C@@H](Nc1cncc(F)c1CC[C@@H]1CNCC2(CCOCC2)O1)C(c1ccc(F)cc1)c1ccc(F)cc1. The monoisotopic (exact) mass is 554 g/mol. The average Bonchev–Trinajstić information content (AvgIpc) is 2.94. The van der Waals surface area contributed by atoms with Gasteiger partial charge in [0.15, 0.2) is 0 Å². The van der Waals surface area contributed by atoms with E-state index in [2.05, 4.69) is 15.6 Å². The fourth-order valence-corrected chi connectivity index (χ4v) is 5.65. The van der Waals surface area contributed by atoms with Crippen molar-refractivity contribution < 1.29 is 27.4 Å². The molecule has 2 aliphatic rings. The molecule has 0 bridgehead atoms. The molecule has 1 aromatic heterocycles. The van der Waals surface area contributed by atoms with Crippen molar-refractivity contribution in [2.45, 2.75) is 49.3 Å². The van der Waals surface area contributed by atoms with Crippen LogP contribution in [0.4, 0.5) is 18.9 Å². The van der Waals surface area contributed by atoms with Gasteiger partial charge in [0.1, 0.15) is 23.5 Å². The zero-order valence-corrected chi connectivity index (χ0v) is 22.0. The summed E-state index contributed by atoms with van der Waals surface area (Å²) >= 11 is 0. The molecule has 212 valence electrons. The highest BCUT2D eigenvalue weighted by atomic mass is 19.1. The lowest BCUT2D eigenvalue weighted by Crippen LogP contribution is -2.56. The van der Waals surface area contributed by atoms with Crippen molar-refractivity contribution in [2.24, 2.45) is 5.73 Å². The summed E-state index contributed by atoms with van der Waals surface area (Å²) in [4.78, 5) is 16.9. The average molecular weight is 555 g/mol. The maximum Gasteiger partial charge on any atom is 0.240 e. The number of aromatic nitrogens is 1. The number of benzene rings is 2. The molecule has 40 heavy (non-hydrogen) atoms. The van der Waals surface area contributed by atoms with Crippen LogP contribution in [0.2, 0.25) is 0 Å². The van der Waals surface area contributed by atoms with Crippen LogP contribution in [0.15, 0.2) is 60.9 Å². The molecular formula is C30H33F3N4O3. The predicted molar refractivity (Wildman–Crippen MR) is 144 cm³/mol. The number of pyridine rings is 1. The smallest absolute Gasteiger partial charge is 0.240 e. The van der Waals surface area contributed by atoms with Crippen LogP contribution in [-0.2, 0) is 20.7 Å². The van der Waals surface area contributed by atoms with Crippen LogP contribution in [0.1, 0.15) is 41.9 Å². The number of nitrogens with one attached hydrogen (secondary N) is 2. The first-order valence-corrected chi connectivity index (χ1v) is 13.5. The highest BCUT2D eigenvalue weighted by molar-refractivity contribution is 5.85. The van der Waals surface area contributed by atoms with Gasteiger partial charge in [0.05, 0.1) is 29.8 Å². The Hall–Kier alpha value is -3.47. The van der Waals surface area contributed by atoms with Gasteiger partial charge >= 0.3 is 0 Å². The molecule has 4 N–H and O–H groups in total. The predicted octanol–water partition coefficient (Wildman–Crippen LogP) is 4.07. The summed E-state index contributed by atoms with van der Waals surface area (Å²) in [5, 5.41) is 6.57. The Kier molecular flexibility index (Phi) is 8.68. The summed E-state index contributed by atoms with van der Waals surface area (Å²) in [6.45, 7) is 2.72. The van der Waals surface area contributed by atoms with Crippen LogP contribution in [0.3, 0.4) is 0 Å². The van der Waals surface area contributed by atoms with Gasteiger partial charge in [0.2, 0.25) is 5.91 Å². The molecule has 5 rings (SSSR count). The number of halogens is 3. The number of ether oxygens (including phenoxy) is 2. The molecule has 2 saturated heterocycles. The van der Waals surface area contributed by atoms with E-state index in [-0.39, 0.29) is 11.7 Å². The van der Waals surface area contributed by atoms with Crippen molar-refractivity contribution in [2.75, 3.05) is 31.6 Å². The molecule has 0 radical (unpaired) electrons. The highest BCUT2D eigenvalue weighted by Crippen LogP contribution is 2.33. The van der Waals surface area contributed by atoms with E-state index in [4.69, 9.17) is 15.2 Å². The Morgan fingerprint density at radius 3 is 2.25 bits per heavy atom. The highest BCUT2D eigenvalue weighted by Gasteiger charge is 2.39. The van der Waals surface area contributed by atoms with Gasteiger partial charge in [0, 0.05) is 50.6 Å². The Bertz CT molecular complexity index is 1250. The third-order valence-corrected chi connectivity index (χ3v) is 7.77. The molecule has 2 fully saturated rings. The number of carbonyl (C=O) groups excluding carboxylic acids is 1. The van der Waals surface area contributed by atoms with Crippen LogP contribution < -0.4 is 16.4 Å². The first-order chi connectivity index (χ1) is 19.3. The number of rotatable bonds is 9. The quantitative estimate of drug-likeness (QED) is 0.369. The second-order valence-electron chi connectivity index (χ2n) is 10.5. The fourth-order valence-electron chi connectivity index (χ4n) is 5.65. The third kappa shape index (κ3) is 6.46. The lowest BCUT2D eigenvalue weighted by Gasteiger charge is -2.44. The summed E-state index contributed by atoms with van der Waals surface area (Å²) < 4.78 is 54.6. The van der Waals surface area contributed by atoms with Gasteiger partial charge in [-0.1, -0.05) is 24.3 Å². The van der Waals surface area contributed by atoms with Gasteiger partial charge in [-0.3, -0.25) is 9.78 Å². The number of hydrogen-bond acceptors (Lipinski definition) is 6. The van der Waals surface area contributed by atoms with E-state index in [0.29, 0.717) is 55.0 Å². The third-order valence-electron chi connectivity index (χ3n) is 7.77. The zero-order chi connectivity index (χ0) is 28.1. The maximum atomic E-state index is 15.2. The number of amides is 1. The summed E-state index contributed by atoms with van der Waals surface area (Å²) in [7, 11) is 0. The molecular weight excluding hydrogens is 521 g/mol. The fraction of sp³-hybridized carbons (Fsp3) is 0.400. The van der Waals surface area contributed by atoms with Crippen LogP contribution >= 0.6 is 0 Å². The number of anilines is 1. The van der Waals surface area contributed by atoms with E-state index in [1.54, 1.807) is 24.3 Å². The topological polar surface area (TPSA) is 98.5 Å². The van der Waals surface area contributed by atoms with Crippen LogP contribution in [0.5, 0.6) is 0 Å². The molecule has 0 saturated carbocycles. The van der Waals surface area contributed by atoms with E-state index in [1.807, 2.05) is 0 Å². The number of primary amides is 1. The zero-order valence-electron chi connectivity index (χ0n) is 22.0. The van der Waals surface area contributed by atoms with Gasteiger partial charge in [-0.05, 0) is 48.2 Å². The molecule has 10 heteroatoms. The standard InChI is InChI=1S/C30H33F3N4O3/c31-21-5-1-19(2-6-21)27(20-3-7-22(32)8-4-20)28(29(34)38)37-26-17-35-16-25(33)24(26)10-9-23-15-36-18-30(40-23)11-13-39-14-12-30/h1-8,16-17,23,27-28,36-37H,9-15,18H2,(H2,34,38)/t23-,28+/m1/s1. The number of nitrogens with two attached hydrogens (primary N) is 1. The van der Waals surface area contributed by atoms with E-state index in [1.165, 1.54) is 30.5 Å². The lowest BCUT2D eigenvalue weighted by atomic mass is 9.84. The second kappa shape index (κ2) is 12.4. The molecule has 1 amide bonds. The van der Waals surface area contributed by atoms with Crippen molar-refractivity contribution in [3.63, 3.8) is 0 Å². The Labute approximate surface area is 231 Å². The summed E-state index contributed by atoms with van der Waals surface area (Å²) in [6.07, 6.45) is 4.97. The number of morpholine rings is 1. The van der Waals surface area contributed by atoms with Gasteiger partial charge in [-0.15, -0.1) is 0 Å². The van der Waals surface area contributed by atoms with Crippen molar-refractivity contribution >= 4 is 11.6 Å².